The van der Waals surface area contributed by atoms with Crippen LogP contribution in [-0.4, -0.2) is 48.4 Å². The van der Waals surface area contributed by atoms with E-state index in [2.05, 4.69) is 10.5 Å². The van der Waals surface area contributed by atoms with Gasteiger partial charge >= 0.3 is 0 Å². The van der Waals surface area contributed by atoms with E-state index in [9.17, 15) is 9.59 Å². The molecule has 114 valence electrons. The van der Waals surface area contributed by atoms with E-state index < -0.39 is 0 Å². The van der Waals surface area contributed by atoms with Crippen molar-refractivity contribution in [1.82, 2.24) is 10.2 Å². The van der Waals surface area contributed by atoms with E-state index in [1.807, 2.05) is 0 Å². The molecule has 0 aromatic heterocycles. The van der Waals surface area contributed by atoms with Gasteiger partial charge in [-0.25, -0.2) is 0 Å². The molecular weight excluding hydrogens is 272 g/mol. The lowest BCUT2D eigenvalue weighted by Gasteiger charge is -2.21. The number of amides is 2. The molecule has 1 aromatic carbocycles. The number of rotatable bonds is 5. The molecule has 1 unspecified atom stereocenters. The molecule has 0 saturated carbocycles. The van der Waals surface area contributed by atoms with E-state index in [1.165, 1.54) is 4.90 Å². The first-order valence-electron chi connectivity index (χ1n) is 6.45. The highest BCUT2D eigenvalue weighted by atomic mass is 16.4. The number of hydrogen-bond acceptors (Lipinski definition) is 4. The SMILES string of the molecule is CNC(=O)C(C)CN(C)C(=O)c1cccc(/C(N)=N/O)c1. The Morgan fingerprint density at radius 3 is 2.62 bits per heavy atom. The molecule has 21 heavy (non-hydrogen) atoms. The summed E-state index contributed by atoms with van der Waals surface area (Å²) in [6.45, 7) is 2.04. The zero-order chi connectivity index (χ0) is 16.0. The van der Waals surface area contributed by atoms with Crippen LogP contribution in [0.2, 0.25) is 0 Å². The fraction of sp³-hybridized carbons (Fsp3) is 0.357. The summed E-state index contributed by atoms with van der Waals surface area (Å²) >= 11 is 0. The summed E-state index contributed by atoms with van der Waals surface area (Å²) in [6, 6.07) is 6.46. The van der Waals surface area contributed by atoms with Crippen LogP contribution in [-0.2, 0) is 4.79 Å². The minimum absolute atomic E-state index is 0.0639. The van der Waals surface area contributed by atoms with Crippen molar-refractivity contribution in [3.63, 3.8) is 0 Å². The lowest BCUT2D eigenvalue weighted by atomic mass is 10.1. The number of nitrogens with zero attached hydrogens (tertiary/aromatic N) is 2. The quantitative estimate of drug-likeness (QED) is 0.312. The second-order valence-electron chi connectivity index (χ2n) is 4.77. The van der Waals surface area contributed by atoms with Crippen molar-refractivity contribution in [1.29, 1.82) is 0 Å². The van der Waals surface area contributed by atoms with Crippen LogP contribution in [0.25, 0.3) is 0 Å². The Balaban J connectivity index is 2.86. The van der Waals surface area contributed by atoms with Gasteiger partial charge < -0.3 is 21.2 Å². The standard InChI is InChI=1S/C14H20N4O3/c1-9(13(19)16-2)8-18(3)14(20)11-6-4-5-10(7-11)12(15)17-21/h4-7,9,21H,8H2,1-3H3,(H2,15,17)(H,16,19). The maximum atomic E-state index is 12.3. The molecule has 0 fully saturated rings. The predicted molar refractivity (Wildman–Crippen MR) is 79.1 cm³/mol. The first-order valence-corrected chi connectivity index (χ1v) is 6.45. The molecule has 1 atom stereocenters. The smallest absolute Gasteiger partial charge is 0.253 e. The van der Waals surface area contributed by atoms with Crippen LogP contribution in [0.3, 0.4) is 0 Å². The van der Waals surface area contributed by atoms with Crippen molar-refractivity contribution in [3.05, 3.63) is 35.4 Å². The van der Waals surface area contributed by atoms with Crippen molar-refractivity contribution in [2.24, 2.45) is 16.8 Å². The Hall–Kier alpha value is -2.57. The number of nitrogens with two attached hydrogens (primary N) is 1. The number of benzene rings is 1. The number of carbonyl (C=O) groups excluding carboxylic acids is 2. The maximum Gasteiger partial charge on any atom is 0.253 e. The number of carbonyl (C=O) groups is 2. The molecule has 7 heteroatoms. The summed E-state index contributed by atoms with van der Waals surface area (Å²) in [6.07, 6.45) is 0. The van der Waals surface area contributed by atoms with Crippen LogP contribution in [0.1, 0.15) is 22.8 Å². The van der Waals surface area contributed by atoms with Gasteiger partial charge in [0.1, 0.15) is 0 Å². The molecule has 0 saturated heterocycles. The molecule has 0 aliphatic rings. The minimum Gasteiger partial charge on any atom is -0.409 e. The molecule has 4 N–H and O–H groups in total. The van der Waals surface area contributed by atoms with E-state index in [0.717, 1.165) is 0 Å². The highest BCUT2D eigenvalue weighted by molar-refractivity contribution is 6.01. The average Bonchev–Trinajstić information content (AvgIpc) is 2.52. The molecule has 0 bridgehead atoms. The lowest BCUT2D eigenvalue weighted by Crippen LogP contribution is -2.37. The molecule has 1 rings (SSSR count). The van der Waals surface area contributed by atoms with Gasteiger partial charge in [-0.15, -0.1) is 0 Å². The van der Waals surface area contributed by atoms with Gasteiger partial charge in [-0.3, -0.25) is 9.59 Å². The van der Waals surface area contributed by atoms with Crippen molar-refractivity contribution < 1.29 is 14.8 Å². The van der Waals surface area contributed by atoms with E-state index >= 15 is 0 Å². The number of nitrogens with one attached hydrogen (secondary N) is 1. The van der Waals surface area contributed by atoms with E-state index in [0.29, 0.717) is 17.7 Å². The Morgan fingerprint density at radius 2 is 2.05 bits per heavy atom. The van der Waals surface area contributed by atoms with E-state index in [1.54, 1.807) is 45.3 Å². The Morgan fingerprint density at radius 1 is 1.43 bits per heavy atom. The molecule has 7 nitrogen and oxygen atoms in total. The van der Waals surface area contributed by atoms with E-state index in [4.69, 9.17) is 10.9 Å². The summed E-state index contributed by atoms with van der Waals surface area (Å²) in [7, 11) is 3.18. The number of oxime groups is 1. The van der Waals surface area contributed by atoms with Crippen LogP contribution in [0.4, 0.5) is 0 Å². The van der Waals surface area contributed by atoms with Gasteiger partial charge in [0, 0.05) is 31.8 Å². The first kappa shape index (κ1) is 16.5. The third-order valence-electron chi connectivity index (χ3n) is 3.10. The summed E-state index contributed by atoms with van der Waals surface area (Å²) < 4.78 is 0. The highest BCUT2D eigenvalue weighted by Gasteiger charge is 2.18. The van der Waals surface area contributed by atoms with Gasteiger partial charge in [-0.2, -0.15) is 0 Å². The third kappa shape index (κ3) is 4.20. The van der Waals surface area contributed by atoms with Crippen LogP contribution in [0, 0.1) is 5.92 Å². The van der Waals surface area contributed by atoms with Crippen molar-refractivity contribution in [2.75, 3.05) is 20.6 Å². The fourth-order valence-corrected chi connectivity index (χ4v) is 1.91. The molecule has 0 aliphatic heterocycles. The molecule has 1 aromatic rings. The Labute approximate surface area is 123 Å². The van der Waals surface area contributed by atoms with Gasteiger partial charge in [0.25, 0.3) is 5.91 Å². The topological polar surface area (TPSA) is 108 Å². The second kappa shape index (κ2) is 7.28. The Kier molecular flexibility index (Phi) is 5.71. The molecule has 0 heterocycles. The summed E-state index contributed by atoms with van der Waals surface area (Å²) in [5.41, 5.74) is 6.36. The number of hydrogen-bond donors (Lipinski definition) is 3. The van der Waals surface area contributed by atoms with Gasteiger partial charge in [0.2, 0.25) is 5.91 Å². The monoisotopic (exact) mass is 292 g/mol. The Bertz CT molecular complexity index is 557. The maximum absolute atomic E-state index is 12.3. The highest BCUT2D eigenvalue weighted by Crippen LogP contribution is 2.09. The third-order valence-corrected chi connectivity index (χ3v) is 3.10. The van der Waals surface area contributed by atoms with Gasteiger partial charge in [0.15, 0.2) is 5.84 Å². The lowest BCUT2D eigenvalue weighted by molar-refractivity contribution is -0.124. The van der Waals surface area contributed by atoms with Gasteiger partial charge in [-0.05, 0) is 12.1 Å². The van der Waals surface area contributed by atoms with Crippen molar-refractivity contribution in [3.8, 4) is 0 Å². The van der Waals surface area contributed by atoms with Crippen molar-refractivity contribution >= 4 is 17.6 Å². The average molecular weight is 292 g/mol. The van der Waals surface area contributed by atoms with Gasteiger partial charge in [-0.1, -0.05) is 24.2 Å². The number of amidine groups is 1. The molecule has 0 aliphatic carbocycles. The summed E-state index contributed by atoms with van der Waals surface area (Å²) in [5.74, 6) is -0.736. The second-order valence-corrected chi connectivity index (χ2v) is 4.77. The zero-order valence-electron chi connectivity index (χ0n) is 12.3. The molecule has 0 radical (unpaired) electrons. The van der Waals surface area contributed by atoms with Crippen molar-refractivity contribution in [2.45, 2.75) is 6.92 Å². The summed E-state index contributed by atoms with van der Waals surface area (Å²) in [4.78, 5) is 25.2. The van der Waals surface area contributed by atoms with Crippen LogP contribution >= 0.6 is 0 Å². The predicted octanol–water partition coefficient (Wildman–Crippen LogP) is 0.235. The van der Waals surface area contributed by atoms with Crippen LogP contribution in [0.15, 0.2) is 29.4 Å². The first-order chi connectivity index (χ1) is 9.90. The fourth-order valence-electron chi connectivity index (χ4n) is 1.91. The van der Waals surface area contributed by atoms with Crippen LogP contribution < -0.4 is 11.1 Å². The molecule has 0 spiro atoms. The zero-order valence-corrected chi connectivity index (χ0v) is 12.3. The molecule has 2 amide bonds. The minimum atomic E-state index is -0.309. The van der Waals surface area contributed by atoms with E-state index in [-0.39, 0.29) is 23.6 Å². The largest absolute Gasteiger partial charge is 0.409 e. The summed E-state index contributed by atoms with van der Waals surface area (Å²) in [5, 5.41) is 14.1. The normalized spacial score (nSPS) is 12.6. The molecular formula is C14H20N4O3. The van der Waals surface area contributed by atoms with Gasteiger partial charge in [0.05, 0.1) is 5.92 Å². The van der Waals surface area contributed by atoms with Crippen LogP contribution in [0.5, 0.6) is 0 Å².